The quantitative estimate of drug-likeness (QED) is 0.445. The van der Waals surface area contributed by atoms with Gasteiger partial charge in [-0.05, 0) is 62.9 Å². The van der Waals surface area contributed by atoms with Crippen molar-refractivity contribution in [2.45, 2.75) is 45.3 Å². The normalized spacial score (nSPS) is 18.8. The molecule has 2 heterocycles. The molecule has 1 unspecified atom stereocenters. The van der Waals surface area contributed by atoms with Crippen LogP contribution in [-0.2, 0) is 16.1 Å². The zero-order valence-corrected chi connectivity index (χ0v) is 23.1. The maximum Gasteiger partial charge on any atom is 0.331 e. The predicted molar refractivity (Wildman–Crippen MR) is 150 cm³/mol. The van der Waals surface area contributed by atoms with Crippen LogP contribution in [0.5, 0.6) is 0 Å². The zero-order chi connectivity index (χ0) is 28.7. The molecule has 2 fully saturated rings. The molecule has 1 aromatic heterocycles. The molecule has 2 amide bonds. The fraction of sp³-hybridized carbons (Fsp3) is 0.448. The fourth-order valence-electron chi connectivity index (χ4n) is 5.06. The lowest BCUT2D eigenvalue weighted by molar-refractivity contribution is -0.120. The Balaban J connectivity index is 1.39. The van der Waals surface area contributed by atoms with Gasteiger partial charge in [0.05, 0.1) is 41.8 Å². The second-order valence-electron chi connectivity index (χ2n) is 11.1. The summed E-state index contributed by atoms with van der Waals surface area (Å²) in [6.45, 7) is 4.09. The molecule has 5 rings (SSSR count). The summed E-state index contributed by atoms with van der Waals surface area (Å²) in [6.07, 6.45) is 1.91. The molecule has 0 spiro atoms. The SMILES string of the molecule is CC(C)n1c(=O)n(CC2CC2)c(=O)c2cc(NC(=O)[C@@H]3COCC3NC(=O)c3ccc(N(C)C)cc3)c(F)cc21. The average Bonchev–Trinajstić information content (AvgIpc) is 3.62. The Kier molecular flexibility index (Phi) is 7.50. The van der Waals surface area contributed by atoms with E-state index in [-0.39, 0.29) is 47.7 Å². The Morgan fingerprint density at radius 2 is 1.80 bits per heavy atom. The molecule has 2 aromatic carbocycles. The number of halogens is 1. The summed E-state index contributed by atoms with van der Waals surface area (Å²) in [5.41, 5.74) is 0.429. The molecule has 2 N–H and O–H groups in total. The van der Waals surface area contributed by atoms with Crippen LogP contribution in [0, 0.1) is 17.7 Å². The molecule has 1 aliphatic heterocycles. The van der Waals surface area contributed by atoms with Crippen molar-refractivity contribution >= 4 is 34.1 Å². The Labute approximate surface area is 230 Å². The maximum absolute atomic E-state index is 15.3. The third-order valence-electron chi connectivity index (χ3n) is 7.55. The Morgan fingerprint density at radius 1 is 1.10 bits per heavy atom. The third kappa shape index (κ3) is 5.38. The van der Waals surface area contributed by atoms with E-state index in [0.717, 1.165) is 24.6 Å². The van der Waals surface area contributed by atoms with Gasteiger partial charge in [-0.15, -0.1) is 0 Å². The number of carbonyl (C=O) groups excluding carboxylic acids is 2. The first-order chi connectivity index (χ1) is 19.0. The molecular formula is C29H34FN5O5. The van der Waals surface area contributed by atoms with Crippen molar-refractivity contribution in [3.63, 3.8) is 0 Å². The highest BCUT2D eigenvalue weighted by Crippen LogP contribution is 2.30. The average molecular weight is 552 g/mol. The highest BCUT2D eigenvalue weighted by Gasteiger charge is 2.36. The van der Waals surface area contributed by atoms with Crippen LogP contribution in [0.2, 0.25) is 0 Å². The van der Waals surface area contributed by atoms with Crippen molar-refractivity contribution in [3.8, 4) is 0 Å². The largest absolute Gasteiger partial charge is 0.378 e. The van der Waals surface area contributed by atoms with Crippen molar-refractivity contribution in [1.82, 2.24) is 14.5 Å². The molecule has 2 aliphatic rings. The van der Waals surface area contributed by atoms with Gasteiger partial charge in [0.25, 0.3) is 11.5 Å². The van der Waals surface area contributed by atoms with E-state index >= 15 is 4.39 Å². The highest BCUT2D eigenvalue weighted by atomic mass is 19.1. The standard InChI is InChI=1S/C29H34FN5O5/c1-16(2)35-25-12-22(30)23(11-20(25)28(38)34(29(35)39)13-17-5-6-17)31-27(37)21-14-40-15-24(21)32-26(36)18-7-9-19(10-8-18)33(3)4/h7-12,16-17,21,24H,5-6,13-15H2,1-4H3,(H,31,37)(H,32,36)/t21-,24?/m1/s1. The topological polar surface area (TPSA) is 115 Å². The number of amides is 2. The van der Waals surface area contributed by atoms with Gasteiger partial charge in [-0.1, -0.05) is 0 Å². The molecule has 10 nitrogen and oxygen atoms in total. The minimum absolute atomic E-state index is 0.0482. The van der Waals surface area contributed by atoms with E-state index in [1.54, 1.807) is 26.0 Å². The number of nitrogens with one attached hydrogen (secondary N) is 2. The zero-order valence-electron chi connectivity index (χ0n) is 23.1. The van der Waals surface area contributed by atoms with Crippen molar-refractivity contribution in [3.05, 3.63) is 68.6 Å². The molecule has 1 saturated carbocycles. The van der Waals surface area contributed by atoms with Gasteiger partial charge < -0.3 is 20.3 Å². The van der Waals surface area contributed by atoms with E-state index in [2.05, 4.69) is 10.6 Å². The van der Waals surface area contributed by atoms with Gasteiger partial charge >= 0.3 is 5.69 Å². The van der Waals surface area contributed by atoms with Gasteiger partial charge in [0.15, 0.2) is 0 Å². The number of hydrogen-bond donors (Lipinski definition) is 2. The molecule has 1 saturated heterocycles. The molecule has 3 aromatic rings. The fourth-order valence-corrected chi connectivity index (χ4v) is 5.06. The molecule has 212 valence electrons. The molecule has 40 heavy (non-hydrogen) atoms. The summed E-state index contributed by atoms with van der Waals surface area (Å²) in [4.78, 5) is 54.4. The predicted octanol–water partition coefficient (Wildman–Crippen LogP) is 2.74. The van der Waals surface area contributed by atoms with E-state index in [0.29, 0.717) is 12.1 Å². The molecule has 1 aliphatic carbocycles. The van der Waals surface area contributed by atoms with Gasteiger partial charge in [0.2, 0.25) is 5.91 Å². The Hall–Kier alpha value is -3.99. The van der Waals surface area contributed by atoms with E-state index in [4.69, 9.17) is 4.74 Å². The number of carbonyl (C=O) groups is 2. The number of fused-ring (bicyclic) bond motifs is 1. The molecule has 2 atom stereocenters. The smallest absolute Gasteiger partial charge is 0.331 e. The van der Waals surface area contributed by atoms with E-state index in [1.807, 2.05) is 31.1 Å². The summed E-state index contributed by atoms with van der Waals surface area (Å²) in [7, 11) is 3.80. The molecular weight excluding hydrogens is 517 g/mol. The van der Waals surface area contributed by atoms with Crippen LogP contribution in [-0.4, -0.2) is 54.3 Å². The van der Waals surface area contributed by atoms with E-state index in [9.17, 15) is 19.2 Å². The number of benzene rings is 2. The highest BCUT2D eigenvalue weighted by molar-refractivity contribution is 5.98. The van der Waals surface area contributed by atoms with Crippen LogP contribution < -0.4 is 26.8 Å². The number of hydrogen-bond acceptors (Lipinski definition) is 6. The first-order valence-electron chi connectivity index (χ1n) is 13.5. The van der Waals surface area contributed by atoms with E-state index in [1.165, 1.54) is 15.2 Å². The first-order valence-corrected chi connectivity index (χ1v) is 13.5. The number of nitrogens with zero attached hydrogens (tertiary/aromatic N) is 3. The minimum atomic E-state index is -0.769. The lowest BCUT2D eigenvalue weighted by Crippen LogP contribution is -2.44. The lowest BCUT2D eigenvalue weighted by Gasteiger charge is -2.20. The Morgan fingerprint density at radius 3 is 2.42 bits per heavy atom. The van der Waals surface area contributed by atoms with Crippen LogP contribution in [0.25, 0.3) is 10.9 Å². The van der Waals surface area contributed by atoms with Gasteiger partial charge in [-0.3, -0.25) is 23.5 Å². The minimum Gasteiger partial charge on any atom is -0.378 e. The summed E-state index contributed by atoms with van der Waals surface area (Å²) in [6, 6.07) is 8.54. The van der Waals surface area contributed by atoms with E-state index < -0.39 is 34.9 Å². The van der Waals surface area contributed by atoms with Gasteiger partial charge in [0.1, 0.15) is 5.82 Å². The first kappa shape index (κ1) is 27.6. The number of ether oxygens (including phenoxy) is 1. The number of aromatic nitrogens is 2. The molecule has 11 heteroatoms. The number of rotatable bonds is 8. The van der Waals surface area contributed by atoms with Crippen LogP contribution in [0.15, 0.2) is 46.0 Å². The Bertz CT molecular complexity index is 1570. The lowest BCUT2D eigenvalue weighted by atomic mass is 10.0. The summed E-state index contributed by atoms with van der Waals surface area (Å²) < 4.78 is 23.4. The van der Waals surface area contributed by atoms with Gasteiger partial charge in [-0.2, -0.15) is 0 Å². The number of anilines is 2. The van der Waals surface area contributed by atoms with Crippen molar-refractivity contribution in [1.29, 1.82) is 0 Å². The summed E-state index contributed by atoms with van der Waals surface area (Å²) >= 11 is 0. The van der Waals surface area contributed by atoms with Gasteiger partial charge in [0, 0.05) is 44.0 Å². The van der Waals surface area contributed by atoms with Crippen molar-refractivity contribution in [2.75, 3.05) is 37.5 Å². The van der Waals surface area contributed by atoms with Crippen LogP contribution in [0.3, 0.4) is 0 Å². The summed E-state index contributed by atoms with van der Waals surface area (Å²) in [5.74, 6) is -2.15. The van der Waals surface area contributed by atoms with Crippen LogP contribution >= 0.6 is 0 Å². The van der Waals surface area contributed by atoms with Crippen molar-refractivity contribution < 1.29 is 18.7 Å². The maximum atomic E-state index is 15.3. The summed E-state index contributed by atoms with van der Waals surface area (Å²) in [5, 5.41) is 5.58. The van der Waals surface area contributed by atoms with Gasteiger partial charge in [-0.25, -0.2) is 9.18 Å². The van der Waals surface area contributed by atoms with Crippen molar-refractivity contribution in [2.24, 2.45) is 11.8 Å². The monoisotopic (exact) mass is 551 g/mol. The second kappa shape index (κ2) is 10.9. The molecule has 0 bridgehead atoms. The van der Waals surface area contributed by atoms with Crippen LogP contribution in [0.4, 0.5) is 15.8 Å². The molecule has 0 radical (unpaired) electrons. The third-order valence-corrected chi connectivity index (χ3v) is 7.55. The second-order valence-corrected chi connectivity index (χ2v) is 11.1. The van der Waals surface area contributed by atoms with Crippen LogP contribution in [0.1, 0.15) is 43.1 Å².